The molecule has 2 aromatic rings. The number of hydrogen-bond acceptors (Lipinski definition) is 3. The fourth-order valence-corrected chi connectivity index (χ4v) is 2.52. The van der Waals surface area contributed by atoms with Gasteiger partial charge in [-0.15, -0.1) is 0 Å². The highest BCUT2D eigenvalue weighted by Crippen LogP contribution is 2.28. The molecule has 3 rings (SSSR count). The van der Waals surface area contributed by atoms with Gasteiger partial charge in [0, 0.05) is 10.0 Å². The van der Waals surface area contributed by atoms with E-state index >= 15 is 0 Å². The van der Waals surface area contributed by atoms with Gasteiger partial charge >= 0.3 is 5.97 Å². The van der Waals surface area contributed by atoms with Gasteiger partial charge in [-0.3, -0.25) is 0 Å². The molecule has 0 N–H and O–H groups in total. The Bertz CT molecular complexity index is 771. The second-order valence-electron chi connectivity index (χ2n) is 5.01. The third kappa shape index (κ3) is 3.71. The molecule has 0 spiro atoms. The Morgan fingerprint density at radius 1 is 1.09 bits per heavy atom. The molecule has 0 bridgehead atoms. The topological polar surface area (TPSA) is 35.5 Å². The first-order valence-electron chi connectivity index (χ1n) is 7.30. The van der Waals surface area contributed by atoms with Crippen molar-refractivity contribution in [2.75, 3.05) is 6.61 Å². The first-order chi connectivity index (χ1) is 11.2. The lowest BCUT2D eigenvalue weighted by molar-refractivity contribution is -0.130. The highest BCUT2D eigenvalue weighted by Gasteiger charge is 2.21. The molecular weight excluding hydrogens is 356 g/mol. The number of carbonyl (C=O) groups excluding carboxylic acids is 1. The summed E-state index contributed by atoms with van der Waals surface area (Å²) < 4.78 is 11.7. The van der Waals surface area contributed by atoms with Crippen LogP contribution < -0.4 is 4.74 Å². The molecule has 3 nitrogen and oxygen atoms in total. The minimum absolute atomic E-state index is 0.336. The SMILES string of the molecule is CCOc1ccc(/C=C2\C=C(c3ccc(Br)cc3)OC2=O)cc1. The van der Waals surface area contributed by atoms with Crippen LogP contribution in [0.1, 0.15) is 18.1 Å². The zero-order valence-electron chi connectivity index (χ0n) is 12.6. The number of rotatable bonds is 4. The van der Waals surface area contributed by atoms with Gasteiger partial charge in [0.2, 0.25) is 0 Å². The Balaban J connectivity index is 1.84. The maximum absolute atomic E-state index is 12.0. The van der Waals surface area contributed by atoms with Crippen molar-refractivity contribution in [2.45, 2.75) is 6.92 Å². The van der Waals surface area contributed by atoms with Gasteiger partial charge in [-0.2, -0.15) is 0 Å². The van der Waals surface area contributed by atoms with E-state index in [4.69, 9.17) is 9.47 Å². The van der Waals surface area contributed by atoms with Gasteiger partial charge in [0.15, 0.2) is 0 Å². The maximum atomic E-state index is 12.0. The molecule has 0 aliphatic carbocycles. The van der Waals surface area contributed by atoms with Gasteiger partial charge in [-0.1, -0.05) is 40.2 Å². The van der Waals surface area contributed by atoms with Gasteiger partial charge in [-0.25, -0.2) is 4.79 Å². The smallest absolute Gasteiger partial charge is 0.343 e. The molecular formula is C19H15BrO3. The van der Waals surface area contributed by atoms with Crippen molar-refractivity contribution < 1.29 is 14.3 Å². The Hall–Kier alpha value is -2.33. The van der Waals surface area contributed by atoms with Crippen LogP contribution in [0.15, 0.2) is 64.7 Å². The van der Waals surface area contributed by atoms with Crippen LogP contribution in [-0.2, 0) is 9.53 Å². The van der Waals surface area contributed by atoms with Crippen LogP contribution in [0.4, 0.5) is 0 Å². The van der Waals surface area contributed by atoms with E-state index < -0.39 is 0 Å². The molecule has 1 aliphatic heterocycles. The first kappa shape index (κ1) is 15.6. The van der Waals surface area contributed by atoms with E-state index in [0.29, 0.717) is 17.9 Å². The minimum Gasteiger partial charge on any atom is -0.494 e. The molecule has 23 heavy (non-hydrogen) atoms. The van der Waals surface area contributed by atoms with Gasteiger partial charge in [0.05, 0.1) is 12.2 Å². The monoisotopic (exact) mass is 370 g/mol. The van der Waals surface area contributed by atoms with Crippen molar-refractivity contribution in [3.63, 3.8) is 0 Å². The second-order valence-corrected chi connectivity index (χ2v) is 5.92. The van der Waals surface area contributed by atoms with Crippen molar-refractivity contribution >= 4 is 33.7 Å². The number of esters is 1. The van der Waals surface area contributed by atoms with Crippen molar-refractivity contribution in [1.29, 1.82) is 0 Å². The van der Waals surface area contributed by atoms with Crippen LogP contribution in [0.3, 0.4) is 0 Å². The summed E-state index contributed by atoms with van der Waals surface area (Å²) in [6.07, 6.45) is 3.58. The normalized spacial score (nSPS) is 15.5. The van der Waals surface area contributed by atoms with E-state index in [2.05, 4.69) is 15.9 Å². The van der Waals surface area contributed by atoms with Gasteiger partial charge < -0.3 is 9.47 Å². The maximum Gasteiger partial charge on any atom is 0.343 e. The van der Waals surface area contributed by atoms with E-state index in [1.807, 2.05) is 61.5 Å². The fourth-order valence-electron chi connectivity index (χ4n) is 2.25. The number of hydrogen-bond donors (Lipinski definition) is 0. The van der Waals surface area contributed by atoms with Crippen LogP contribution >= 0.6 is 15.9 Å². The Morgan fingerprint density at radius 3 is 2.43 bits per heavy atom. The fraction of sp³-hybridized carbons (Fsp3) is 0.105. The molecule has 0 saturated carbocycles. The highest BCUT2D eigenvalue weighted by atomic mass is 79.9. The molecule has 0 amide bonds. The Labute approximate surface area is 143 Å². The van der Waals surface area contributed by atoms with Crippen LogP contribution in [0.25, 0.3) is 11.8 Å². The lowest BCUT2D eigenvalue weighted by atomic mass is 10.1. The summed E-state index contributed by atoms with van der Waals surface area (Å²) in [5, 5.41) is 0. The number of benzene rings is 2. The summed E-state index contributed by atoms with van der Waals surface area (Å²) in [7, 11) is 0. The number of carbonyl (C=O) groups is 1. The number of halogens is 1. The molecule has 0 atom stereocenters. The third-order valence-electron chi connectivity index (χ3n) is 3.37. The summed E-state index contributed by atoms with van der Waals surface area (Å²) in [5.74, 6) is 1.05. The first-order valence-corrected chi connectivity index (χ1v) is 8.09. The minimum atomic E-state index is -0.336. The van der Waals surface area contributed by atoms with E-state index in [0.717, 1.165) is 21.3 Å². The Kier molecular flexibility index (Phi) is 4.63. The van der Waals surface area contributed by atoms with E-state index in [1.54, 1.807) is 6.08 Å². The number of cyclic esters (lactones) is 1. The zero-order chi connectivity index (χ0) is 16.2. The van der Waals surface area contributed by atoms with Crippen molar-refractivity contribution in [3.05, 3.63) is 75.8 Å². The van der Waals surface area contributed by atoms with Crippen molar-refractivity contribution in [3.8, 4) is 5.75 Å². The molecule has 0 fully saturated rings. The third-order valence-corrected chi connectivity index (χ3v) is 3.90. The van der Waals surface area contributed by atoms with Crippen LogP contribution in [0, 0.1) is 0 Å². The van der Waals surface area contributed by atoms with Gasteiger partial charge in [-0.05, 0) is 48.9 Å². The van der Waals surface area contributed by atoms with Crippen molar-refractivity contribution in [2.24, 2.45) is 0 Å². The van der Waals surface area contributed by atoms with E-state index in [9.17, 15) is 4.79 Å². The molecule has 2 aromatic carbocycles. The zero-order valence-corrected chi connectivity index (χ0v) is 14.2. The summed E-state index contributed by atoms with van der Waals surface area (Å²) in [6, 6.07) is 15.2. The molecule has 0 unspecified atom stereocenters. The Morgan fingerprint density at radius 2 is 1.78 bits per heavy atom. The lowest BCUT2D eigenvalue weighted by Gasteiger charge is -2.02. The predicted octanol–water partition coefficient (Wildman–Crippen LogP) is 4.83. The molecule has 116 valence electrons. The molecule has 0 saturated heterocycles. The molecule has 1 aliphatic rings. The predicted molar refractivity (Wildman–Crippen MR) is 93.8 cm³/mol. The second kappa shape index (κ2) is 6.84. The van der Waals surface area contributed by atoms with E-state index in [-0.39, 0.29) is 5.97 Å². The van der Waals surface area contributed by atoms with Gasteiger partial charge in [0.25, 0.3) is 0 Å². The molecule has 0 radical (unpaired) electrons. The average molecular weight is 371 g/mol. The molecule has 0 aromatic heterocycles. The summed E-state index contributed by atoms with van der Waals surface area (Å²) in [6.45, 7) is 2.57. The number of ether oxygens (including phenoxy) is 2. The molecule has 1 heterocycles. The quantitative estimate of drug-likeness (QED) is 0.571. The summed E-state index contributed by atoms with van der Waals surface area (Å²) in [4.78, 5) is 12.0. The standard InChI is InChI=1S/C19H15BrO3/c1-2-22-17-9-3-13(4-10-17)11-15-12-18(23-19(15)21)14-5-7-16(20)8-6-14/h3-12H,2H2,1H3/b15-11+. The highest BCUT2D eigenvalue weighted by molar-refractivity contribution is 9.10. The summed E-state index contributed by atoms with van der Waals surface area (Å²) in [5.41, 5.74) is 2.33. The van der Waals surface area contributed by atoms with Crippen LogP contribution in [0.5, 0.6) is 5.75 Å². The van der Waals surface area contributed by atoms with Crippen LogP contribution in [-0.4, -0.2) is 12.6 Å². The largest absolute Gasteiger partial charge is 0.494 e. The van der Waals surface area contributed by atoms with Gasteiger partial charge in [0.1, 0.15) is 11.5 Å². The van der Waals surface area contributed by atoms with E-state index in [1.165, 1.54) is 0 Å². The van der Waals surface area contributed by atoms with Crippen molar-refractivity contribution in [1.82, 2.24) is 0 Å². The molecule has 4 heteroatoms. The summed E-state index contributed by atoms with van der Waals surface area (Å²) >= 11 is 3.39. The average Bonchev–Trinajstić information content (AvgIpc) is 2.91. The lowest BCUT2D eigenvalue weighted by Crippen LogP contribution is -1.97. The van der Waals surface area contributed by atoms with Crippen LogP contribution in [0.2, 0.25) is 0 Å².